The highest BCUT2D eigenvalue weighted by Crippen LogP contribution is 2.22. The molecule has 0 saturated heterocycles. The second kappa shape index (κ2) is 4.82. The molecule has 0 fully saturated rings. The van der Waals surface area contributed by atoms with E-state index in [9.17, 15) is 4.79 Å². The zero-order valence-corrected chi connectivity index (χ0v) is 10.7. The van der Waals surface area contributed by atoms with E-state index in [0.717, 1.165) is 16.7 Å². The van der Waals surface area contributed by atoms with Gasteiger partial charge in [0.25, 0.3) is 5.91 Å². The number of hydrogen-bond donors (Lipinski definition) is 2. The van der Waals surface area contributed by atoms with Gasteiger partial charge < -0.3 is 14.7 Å². The molecular formula is C14H11ClN2O2. The first kappa shape index (κ1) is 11.9. The Hall–Kier alpha value is -2.20. The SMILES string of the molecule is O=C(NCc1ccco1)c1c[nH]c2cc(Cl)ccc12. The zero-order valence-electron chi connectivity index (χ0n) is 9.94. The van der Waals surface area contributed by atoms with Crippen molar-refractivity contribution in [2.24, 2.45) is 0 Å². The van der Waals surface area contributed by atoms with Crippen molar-refractivity contribution in [3.8, 4) is 0 Å². The van der Waals surface area contributed by atoms with Crippen LogP contribution in [0.2, 0.25) is 5.02 Å². The monoisotopic (exact) mass is 274 g/mol. The van der Waals surface area contributed by atoms with Crippen LogP contribution in [0, 0.1) is 0 Å². The quantitative estimate of drug-likeness (QED) is 0.769. The molecule has 0 radical (unpaired) electrons. The molecule has 0 bridgehead atoms. The molecule has 0 aliphatic heterocycles. The number of amides is 1. The summed E-state index contributed by atoms with van der Waals surface area (Å²) >= 11 is 5.90. The molecule has 0 aliphatic rings. The van der Waals surface area contributed by atoms with Crippen LogP contribution in [0.15, 0.2) is 47.2 Å². The first-order chi connectivity index (χ1) is 9.24. The van der Waals surface area contributed by atoms with Crippen molar-refractivity contribution in [2.75, 3.05) is 0 Å². The minimum atomic E-state index is -0.148. The summed E-state index contributed by atoms with van der Waals surface area (Å²) in [5.41, 5.74) is 1.44. The van der Waals surface area contributed by atoms with Crippen LogP contribution in [0.25, 0.3) is 10.9 Å². The molecule has 3 rings (SSSR count). The summed E-state index contributed by atoms with van der Waals surface area (Å²) in [4.78, 5) is 15.1. The highest BCUT2D eigenvalue weighted by molar-refractivity contribution is 6.31. The molecule has 3 aromatic rings. The third-order valence-corrected chi connectivity index (χ3v) is 3.13. The number of benzene rings is 1. The Labute approximate surface area is 114 Å². The van der Waals surface area contributed by atoms with Crippen LogP contribution in [-0.2, 0) is 6.54 Å². The number of fused-ring (bicyclic) bond motifs is 1. The number of halogens is 1. The van der Waals surface area contributed by atoms with E-state index in [4.69, 9.17) is 16.0 Å². The molecular weight excluding hydrogens is 264 g/mol. The van der Waals surface area contributed by atoms with E-state index in [1.165, 1.54) is 0 Å². The topological polar surface area (TPSA) is 58.0 Å². The van der Waals surface area contributed by atoms with Crippen LogP contribution in [0.1, 0.15) is 16.1 Å². The summed E-state index contributed by atoms with van der Waals surface area (Å²) < 4.78 is 5.16. The van der Waals surface area contributed by atoms with E-state index in [0.29, 0.717) is 17.1 Å². The third kappa shape index (κ3) is 2.35. The first-order valence-corrected chi connectivity index (χ1v) is 6.19. The van der Waals surface area contributed by atoms with Gasteiger partial charge in [-0.3, -0.25) is 4.79 Å². The zero-order chi connectivity index (χ0) is 13.2. The summed E-state index contributed by atoms with van der Waals surface area (Å²) in [5.74, 6) is 0.571. The molecule has 0 unspecified atom stereocenters. The maximum absolute atomic E-state index is 12.1. The van der Waals surface area contributed by atoms with Gasteiger partial charge in [-0.2, -0.15) is 0 Å². The van der Waals surface area contributed by atoms with Crippen molar-refractivity contribution >= 4 is 28.4 Å². The van der Waals surface area contributed by atoms with Gasteiger partial charge in [0.2, 0.25) is 0 Å². The summed E-state index contributed by atoms with van der Waals surface area (Å²) in [6.07, 6.45) is 3.26. The lowest BCUT2D eigenvalue weighted by atomic mass is 10.1. The number of H-pyrrole nitrogens is 1. The van der Waals surface area contributed by atoms with E-state index in [1.54, 1.807) is 30.7 Å². The molecule has 2 N–H and O–H groups in total. The smallest absolute Gasteiger partial charge is 0.253 e. The molecule has 5 heteroatoms. The van der Waals surface area contributed by atoms with Gasteiger partial charge in [0.15, 0.2) is 0 Å². The van der Waals surface area contributed by atoms with Crippen LogP contribution in [0.5, 0.6) is 0 Å². The average Bonchev–Trinajstić information content (AvgIpc) is 3.04. The van der Waals surface area contributed by atoms with Crippen molar-refractivity contribution in [1.29, 1.82) is 0 Å². The molecule has 2 heterocycles. The van der Waals surface area contributed by atoms with Gasteiger partial charge in [0, 0.05) is 22.1 Å². The number of hydrogen-bond acceptors (Lipinski definition) is 2. The highest BCUT2D eigenvalue weighted by atomic mass is 35.5. The normalized spacial score (nSPS) is 10.8. The molecule has 4 nitrogen and oxygen atoms in total. The number of aromatic nitrogens is 1. The Morgan fingerprint density at radius 1 is 1.37 bits per heavy atom. The third-order valence-electron chi connectivity index (χ3n) is 2.89. The number of nitrogens with one attached hydrogen (secondary N) is 2. The summed E-state index contributed by atoms with van der Waals surface area (Å²) in [5, 5.41) is 4.29. The number of carbonyl (C=O) groups is 1. The predicted molar refractivity (Wildman–Crippen MR) is 73.2 cm³/mol. The lowest BCUT2D eigenvalue weighted by Crippen LogP contribution is -2.22. The highest BCUT2D eigenvalue weighted by Gasteiger charge is 2.12. The molecule has 0 saturated carbocycles. The lowest BCUT2D eigenvalue weighted by Gasteiger charge is -2.02. The molecule has 0 atom stereocenters. The number of furan rings is 1. The van der Waals surface area contributed by atoms with E-state index in [-0.39, 0.29) is 5.91 Å². The minimum Gasteiger partial charge on any atom is -0.467 e. The Balaban J connectivity index is 1.81. The van der Waals surface area contributed by atoms with Crippen LogP contribution in [-0.4, -0.2) is 10.9 Å². The van der Waals surface area contributed by atoms with Gasteiger partial charge in [0.1, 0.15) is 5.76 Å². The van der Waals surface area contributed by atoms with Crippen molar-refractivity contribution in [2.45, 2.75) is 6.54 Å². The molecule has 0 spiro atoms. The maximum atomic E-state index is 12.1. The van der Waals surface area contributed by atoms with Gasteiger partial charge in [-0.15, -0.1) is 0 Å². The van der Waals surface area contributed by atoms with Gasteiger partial charge in [-0.1, -0.05) is 17.7 Å². The molecule has 1 aromatic carbocycles. The standard InChI is InChI=1S/C14H11ClN2O2/c15-9-3-4-11-12(8-16-13(11)6-9)14(18)17-7-10-2-1-5-19-10/h1-6,8,16H,7H2,(H,17,18). The maximum Gasteiger partial charge on any atom is 0.253 e. The van der Waals surface area contributed by atoms with Gasteiger partial charge in [0.05, 0.1) is 18.4 Å². The molecule has 19 heavy (non-hydrogen) atoms. The fourth-order valence-corrected chi connectivity index (χ4v) is 2.13. The van der Waals surface area contributed by atoms with E-state index < -0.39 is 0 Å². The van der Waals surface area contributed by atoms with Gasteiger partial charge in [-0.25, -0.2) is 0 Å². The fourth-order valence-electron chi connectivity index (χ4n) is 1.96. The van der Waals surface area contributed by atoms with Crippen LogP contribution in [0.4, 0.5) is 0 Å². The fraction of sp³-hybridized carbons (Fsp3) is 0.0714. The largest absolute Gasteiger partial charge is 0.467 e. The Morgan fingerprint density at radius 3 is 3.05 bits per heavy atom. The van der Waals surface area contributed by atoms with Crippen molar-refractivity contribution < 1.29 is 9.21 Å². The predicted octanol–water partition coefficient (Wildman–Crippen LogP) is 3.34. The molecule has 1 amide bonds. The Kier molecular flexibility index (Phi) is 3.01. The number of carbonyl (C=O) groups excluding carboxylic acids is 1. The van der Waals surface area contributed by atoms with Crippen LogP contribution >= 0.6 is 11.6 Å². The Morgan fingerprint density at radius 2 is 2.26 bits per heavy atom. The van der Waals surface area contributed by atoms with Gasteiger partial charge >= 0.3 is 0 Å². The van der Waals surface area contributed by atoms with Crippen molar-refractivity contribution in [3.05, 3.63) is 59.1 Å². The first-order valence-electron chi connectivity index (χ1n) is 5.81. The molecule has 2 aromatic heterocycles. The number of rotatable bonds is 3. The minimum absolute atomic E-state index is 0.148. The lowest BCUT2D eigenvalue weighted by molar-refractivity contribution is 0.0949. The average molecular weight is 275 g/mol. The van der Waals surface area contributed by atoms with Crippen molar-refractivity contribution in [1.82, 2.24) is 10.3 Å². The van der Waals surface area contributed by atoms with E-state index in [2.05, 4.69) is 10.3 Å². The summed E-state index contributed by atoms with van der Waals surface area (Å²) in [6, 6.07) is 8.99. The second-order valence-corrected chi connectivity index (χ2v) is 4.59. The summed E-state index contributed by atoms with van der Waals surface area (Å²) in [6.45, 7) is 0.367. The van der Waals surface area contributed by atoms with E-state index in [1.807, 2.05) is 12.1 Å². The number of aromatic amines is 1. The summed E-state index contributed by atoms with van der Waals surface area (Å²) in [7, 11) is 0. The van der Waals surface area contributed by atoms with Crippen LogP contribution in [0.3, 0.4) is 0 Å². The second-order valence-electron chi connectivity index (χ2n) is 4.15. The van der Waals surface area contributed by atoms with Crippen molar-refractivity contribution in [3.63, 3.8) is 0 Å². The van der Waals surface area contributed by atoms with E-state index >= 15 is 0 Å². The Bertz CT molecular complexity index is 716. The molecule has 0 aliphatic carbocycles. The van der Waals surface area contributed by atoms with Gasteiger partial charge in [-0.05, 0) is 24.3 Å². The molecule has 96 valence electrons. The van der Waals surface area contributed by atoms with Crippen LogP contribution < -0.4 is 5.32 Å².